The number of carbonyl (C=O) groups excluding carboxylic acids is 1. The highest BCUT2D eigenvalue weighted by Gasteiger charge is 2.10. The van der Waals surface area contributed by atoms with Crippen LogP contribution in [0.2, 0.25) is 0 Å². The first-order valence-electron chi connectivity index (χ1n) is 5.76. The highest BCUT2D eigenvalue weighted by Crippen LogP contribution is 2.26. The van der Waals surface area contributed by atoms with E-state index in [1.807, 2.05) is 6.92 Å². The number of ether oxygens (including phenoxy) is 2. The second-order valence-electron chi connectivity index (χ2n) is 4.07. The molecule has 2 rings (SSSR count). The Morgan fingerprint density at radius 1 is 1.11 bits per heavy atom. The fourth-order valence-corrected chi connectivity index (χ4v) is 1.72. The van der Waals surface area contributed by atoms with Gasteiger partial charge in [-0.3, -0.25) is 0 Å². The zero-order chi connectivity index (χ0) is 13.8. The smallest absolute Gasteiger partial charge is 0.338 e. The topological polar surface area (TPSA) is 55.8 Å². The summed E-state index contributed by atoms with van der Waals surface area (Å²) in [5.74, 6) is 0.891. The molecule has 0 unspecified atom stereocenters. The normalized spacial score (nSPS) is 10.0. The summed E-state index contributed by atoms with van der Waals surface area (Å²) < 4.78 is 10.3. The van der Waals surface area contributed by atoms with E-state index in [1.165, 1.54) is 13.2 Å². The lowest BCUT2D eigenvalue weighted by molar-refractivity contribution is 0.0600. The number of phenols is 1. The van der Waals surface area contributed by atoms with Crippen LogP contribution in [0.3, 0.4) is 0 Å². The molecule has 0 aromatic heterocycles. The van der Waals surface area contributed by atoms with Crippen molar-refractivity contribution in [1.29, 1.82) is 0 Å². The molecular formula is C15H14O4. The van der Waals surface area contributed by atoms with Crippen molar-refractivity contribution in [3.8, 4) is 17.2 Å². The summed E-state index contributed by atoms with van der Waals surface area (Å²) in [6.07, 6.45) is 0. The number of rotatable bonds is 3. The van der Waals surface area contributed by atoms with E-state index in [9.17, 15) is 9.90 Å². The largest absolute Gasteiger partial charge is 0.508 e. The number of carbonyl (C=O) groups is 1. The van der Waals surface area contributed by atoms with Gasteiger partial charge in [0.2, 0.25) is 0 Å². The van der Waals surface area contributed by atoms with Crippen LogP contribution < -0.4 is 4.74 Å². The average molecular weight is 258 g/mol. The van der Waals surface area contributed by atoms with Gasteiger partial charge in [0.1, 0.15) is 17.2 Å². The van der Waals surface area contributed by atoms with Crippen LogP contribution in [0.25, 0.3) is 0 Å². The summed E-state index contributed by atoms with van der Waals surface area (Å²) >= 11 is 0. The fourth-order valence-electron chi connectivity index (χ4n) is 1.72. The number of esters is 1. The third-order valence-corrected chi connectivity index (χ3v) is 2.66. The van der Waals surface area contributed by atoms with Crippen molar-refractivity contribution in [3.05, 3.63) is 53.6 Å². The molecule has 0 amide bonds. The Morgan fingerprint density at radius 3 is 2.47 bits per heavy atom. The van der Waals surface area contributed by atoms with Crippen LogP contribution in [0.15, 0.2) is 42.5 Å². The summed E-state index contributed by atoms with van der Waals surface area (Å²) in [5.41, 5.74) is 1.27. The highest BCUT2D eigenvalue weighted by molar-refractivity contribution is 5.91. The molecule has 0 heterocycles. The maximum absolute atomic E-state index is 11.5. The molecule has 4 heteroatoms. The van der Waals surface area contributed by atoms with Crippen molar-refractivity contribution in [3.63, 3.8) is 0 Å². The predicted octanol–water partition coefficient (Wildman–Crippen LogP) is 3.28. The minimum absolute atomic E-state index is 0.139. The van der Waals surface area contributed by atoms with E-state index >= 15 is 0 Å². The lowest BCUT2D eigenvalue weighted by atomic mass is 10.1. The van der Waals surface area contributed by atoms with Gasteiger partial charge in [-0.1, -0.05) is 6.07 Å². The fraction of sp³-hybridized carbons (Fsp3) is 0.133. The van der Waals surface area contributed by atoms with Crippen LogP contribution in [-0.4, -0.2) is 18.2 Å². The van der Waals surface area contributed by atoms with Gasteiger partial charge in [-0.15, -0.1) is 0 Å². The third-order valence-electron chi connectivity index (χ3n) is 2.66. The lowest BCUT2D eigenvalue weighted by Crippen LogP contribution is -2.03. The minimum Gasteiger partial charge on any atom is -0.508 e. The van der Waals surface area contributed by atoms with Crippen molar-refractivity contribution in [2.24, 2.45) is 0 Å². The first kappa shape index (κ1) is 13.0. The lowest BCUT2D eigenvalue weighted by Gasteiger charge is -2.09. The number of hydrogen-bond donors (Lipinski definition) is 1. The first-order valence-corrected chi connectivity index (χ1v) is 5.76. The molecule has 1 N–H and O–H groups in total. The summed E-state index contributed by atoms with van der Waals surface area (Å²) in [5, 5.41) is 9.35. The van der Waals surface area contributed by atoms with E-state index in [2.05, 4.69) is 4.74 Å². The van der Waals surface area contributed by atoms with Gasteiger partial charge in [0, 0.05) is 6.07 Å². The quantitative estimate of drug-likeness (QED) is 0.858. The molecule has 2 aromatic carbocycles. The van der Waals surface area contributed by atoms with Crippen molar-refractivity contribution in [1.82, 2.24) is 0 Å². The molecule has 0 bridgehead atoms. The first-order chi connectivity index (χ1) is 9.10. The summed E-state index contributed by atoms with van der Waals surface area (Å²) in [6.45, 7) is 1.81. The molecule has 0 spiro atoms. The Bertz CT molecular complexity index is 605. The molecule has 0 aliphatic heterocycles. The zero-order valence-electron chi connectivity index (χ0n) is 10.7. The van der Waals surface area contributed by atoms with Gasteiger partial charge in [-0.25, -0.2) is 4.79 Å². The SMILES string of the molecule is COC(=O)c1ccc(Oc2cccc(O)c2)cc1C. The van der Waals surface area contributed by atoms with Crippen LogP contribution in [0.5, 0.6) is 17.2 Å². The van der Waals surface area contributed by atoms with Gasteiger partial charge in [-0.05, 0) is 42.8 Å². The van der Waals surface area contributed by atoms with Crippen LogP contribution in [0, 0.1) is 6.92 Å². The number of aromatic hydroxyl groups is 1. The van der Waals surface area contributed by atoms with Gasteiger partial charge in [0.15, 0.2) is 0 Å². The number of hydrogen-bond acceptors (Lipinski definition) is 4. The molecule has 0 saturated carbocycles. The maximum Gasteiger partial charge on any atom is 0.338 e. The van der Waals surface area contributed by atoms with Gasteiger partial charge < -0.3 is 14.6 Å². The molecule has 0 aliphatic rings. The summed E-state index contributed by atoms with van der Waals surface area (Å²) in [4.78, 5) is 11.5. The Hall–Kier alpha value is -2.49. The molecule has 4 nitrogen and oxygen atoms in total. The van der Waals surface area contributed by atoms with Crippen LogP contribution in [-0.2, 0) is 4.74 Å². The van der Waals surface area contributed by atoms with Gasteiger partial charge in [-0.2, -0.15) is 0 Å². The van der Waals surface area contributed by atoms with Crippen molar-refractivity contribution < 1.29 is 19.4 Å². The highest BCUT2D eigenvalue weighted by atomic mass is 16.5. The minimum atomic E-state index is -0.374. The second-order valence-corrected chi connectivity index (χ2v) is 4.07. The molecule has 98 valence electrons. The third kappa shape index (κ3) is 3.04. The zero-order valence-corrected chi connectivity index (χ0v) is 10.7. The second kappa shape index (κ2) is 5.44. The number of phenolic OH excluding ortho intramolecular Hbond substituents is 1. The molecule has 2 aromatic rings. The molecule has 0 fully saturated rings. The van der Waals surface area contributed by atoms with Gasteiger partial charge in [0.25, 0.3) is 0 Å². The maximum atomic E-state index is 11.5. The van der Waals surface area contributed by atoms with E-state index in [0.717, 1.165) is 5.56 Å². The summed E-state index contributed by atoms with van der Waals surface area (Å²) in [6, 6.07) is 11.6. The molecule has 0 radical (unpaired) electrons. The van der Waals surface area contributed by atoms with Crippen molar-refractivity contribution in [2.45, 2.75) is 6.92 Å². The van der Waals surface area contributed by atoms with Crippen LogP contribution >= 0.6 is 0 Å². The molecular weight excluding hydrogens is 244 g/mol. The summed E-state index contributed by atoms with van der Waals surface area (Å²) in [7, 11) is 1.35. The van der Waals surface area contributed by atoms with E-state index in [-0.39, 0.29) is 11.7 Å². The van der Waals surface area contributed by atoms with Crippen molar-refractivity contribution in [2.75, 3.05) is 7.11 Å². The van der Waals surface area contributed by atoms with Gasteiger partial charge >= 0.3 is 5.97 Å². The molecule has 0 atom stereocenters. The Labute approximate surface area is 111 Å². The predicted molar refractivity (Wildman–Crippen MR) is 70.7 cm³/mol. The van der Waals surface area contributed by atoms with Gasteiger partial charge in [0.05, 0.1) is 12.7 Å². The van der Waals surface area contributed by atoms with E-state index in [0.29, 0.717) is 17.1 Å². The van der Waals surface area contributed by atoms with E-state index < -0.39 is 0 Å². The molecule has 0 aliphatic carbocycles. The average Bonchev–Trinajstić information content (AvgIpc) is 2.38. The van der Waals surface area contributed by atoms with Crippen LogP contribution in [0.1, 0.15) is 15.9 Å². The molecule has 0 saturated heterocycles. The molecule has 19 heavy (non-hydrogen) atoms. The Morgan fingerprint density at radius 2 is 1.84 bits per heavy atom. The monoisotopic (exact) mass is 258 g/mol. The number of aryl methyl sites for hydroxylation is 1. The standard InChI is InChI=1S/C15H14O4/c1-10-8-13(6-7-14(10)15(17)18-2)19-12-5-3-4-11(16)9-12/h3-9,16H,1-2H3. The number of methoxy groups -OCH3 is 1. The van der Waals surface area contributed by atoms with E-state index in [1.54, 1.807) is 36.4 Å². The van der Waals surface area contributed by atoms with Crippen molar-refractivity contribution >= 4 is 5.97 Å². The van der Waals surface area contributed by atoms with Crippen LogP contribution in [0.4, 0.5) is 0 Å². The Balaban J connectivity index is 2.23. The van der Waals surface area contributed by atoms with E-state index in [4.69, 9.17) is 4.74 Å². The Kier molecular flexibility index (Phi) is 3.71. The number of benzene rings is 2.